The van der Waals surface area contributed by atoms with E-state index in [0.717, 1.165) is 12.1 Å². The van der Waals surface area contributed by atoms with Gasteiger partial charge in [0.25, 0.3) is 0 Å². The van der Waals surface area contributed by atoms with Gasteiger partial charge in [-0.15, -0.1) is 0 Å². The predicted octanol–water partition coefficient (Wildman–Crippen LogP) is 0.634. The van der Waals surface area contributed by atoms with Gasteiger partial charge < -0.3 is 14.9 Å². The van der Waals surface area contributed by atoms with Gasteiger partial charge in [0.2, 0.25) is 11.8 Å². The fourth-order valence-electron chi connectivity index (χ4n) is 3.26. The molecule has 2 heterocycles. The zero-order valence-corrected chi connectivity index (χ0v) is 11.3. The van der Waals surface area contributed by atoms with Crippen molar-refractivity contribution in [2.24, 2.45) is 5.41 Å². The summed E-state index contributed by atoms with van der Waals surface area (Å²) in [4.78, 5) is 27.3. The molecule has 0 radical (unpaired) electrons. The summed E-state index contributed by atoms with van der Waals surface area (Å²) < 4.78 is 0. The zero-order chi connectivity index (χ0) is 14.2. The first-order chi connectivity index (χ1) is 9.63. The van der Waals surface area contributed by atoms with Crippen molar-refractivity contribution in [3.8, 4) is 0 Å². The molecule has 106 valence electrons. The van der Waals surface area contributed by atoms with Crippen molar-refractivity contribution in [2.45, 2.75) is 12.8 Å². The molecule has 2 amide bonds. The molecule has 3 rings (SSSR count). The maximum Gasteiger partial charge on any atom is 0.248 e. The first kappa shape index (κ1) is 13.1. The van der Waals surface area contributed by atoms with E-state index in [1.807, 2.05) is 35.2 Å². The van der Waals surface area contributed by atoms with Crippen LogP contribution in [0.15, 0.2) is 30.3 Å². The molecule has 20 heavy (non-hydrogen) atoms. The Kier molecular flexibility index (Phi) is 3.22. The number of para-hydroxylation sites is 1. The number of carbonyl (C=O) groups is 2. The summed E-state index contributed by atoms with van der Waals surface area (Å²) in [5, 5.41) is 8.94. The molecule has 0 aromatic heterocycles. The Morgan fingerprint density at radius 1 is 1.25 bits per heavy atom. The standard InChI is InChI=1S/C15H18N2O3/c18-9-14(20)16-7-6-15(10-16)8-13(19)17(11-15)12-4-2-1-3-5-12/h1-5,18H,6-11H2/t15-/m0/s1. The molecule has 1 aromatic rings. The van der Waals surface area contributed by atoms with E-state index in [1.54, 1.807) is 4.90 Å². The lowest BCUT2D eigenvalue weighted by Gasteiger charge is -2.24. The van der Waals surface area contributed by atoms with Crippen LogP contribution in [0.25, 0.3) is 0 Å². The maximum absolute atomic E-state index is 12.3. The van der Waals surface area contributed by atoms with E-state index in [0.29, 0.717) is 26.1 Å². The average molecular weight is 274 g/mol. The van der Waals surface area contributed by atoms with Gasteiger partial charge in [-0.25, -0.2) is 0 Å². The van der Waals surface area contributed by atoms with E-state index in [1.165, 1.54) is 0 Å². The number of amides is 2. The predicted molar refractivity (Wildman–Crippen MR) is 74.1 cm³/mol. The van der Waals surface area contributed by atoms with Crippen LogP contribution in [0.5, 0.6) is 0 Å². The van der Waals surface area contributed by atoms with Crippen molar-refractivity contribution in [1.82, 2.24) is 4.90 Å². The number of anilines is 1. The van der Waals surface area contributed by atoms with E-state index in [4.69, 9.17) is 5.11 Å². The number of hydrogen-bond acceptors (Lipinski definition) is 3. The molecule has 0 unspecified atom stereocenters. The van der Waals surface area contributed by atoms with Gasteiger partial charge in [0.1, 0.15) is 6.61 Å². The highest BCUT2D eigenvalue weighted by atomic mass is 16.3. The van der Waals surface area contributed by atoms with Gasteiger partial charge in [-0.2, -0.15) is 0 Å². The molecule has 1 spiro atoms. The van der Waals surface area contributed by atoms with Gasteiger partial charge in [0, 0.05) is 37.2 Å². The van der Waals surface area contributed by atoms with Crippen LogP contribution in [0.2, 0.25) is 0 Å². The number of hydrogen-bond donors (Lipinski definition) is 1. The Balaban J connectivity index is 1.76. The molecular formula is C15H18N2O3. The van der Waals surface area contributed by atoms with Crippen molar-refractivity contribution >= 4 is 17.5 Å². The van der Waals surface area contributed by atoms with Gasteiger partial charge >= 0.3 is 0 Å². The lowest BCUT2D eigenvalue weighted by molar-refractivity contribution is -0.133. The third-order valence-electron chi connectivity index (χ3n) is 4.31. The summed E-state index contributed by atoms with van der Waals surface area (Å²) in [7, 11) is 0. The van der Waals surface area contributed by atoms with Crippen LogP contribution >= 0.6 is 0 Å². The normalized spacial score (nSPS) is 25.8. The Hall–Kier alpha value is -1.88. The van der Waals surface area contributed by atoms with E-state index in [2.05, 4.69) is 0 Å². The van der Waals surface area contributed by atoms with E-state index in [-0.39, 0.29) is 17.2 Å². The maximum atomic E-state index is 12.3. The highest BCUT2D eigenvalue weighted by molar-refractivity contribution is 5.96. The number of nitrogens with zero attached hydrogens (tertiary/aromatic N) is 2. The molecule has 2 aliphatic rings. The number of aliphatic hydroxyl groups is 1. The average Bonchev–Trinajstić information content (AvgIpc) is 3.03. The smallest absolute Gasteiger partial charge is 0.248 e. The van der Waals surface area contributed by atoms with Crippen molar-refractivity contribution in [3.63, 3.8) is 0 Å². The van der Waals surface area contributed by atoms with Gasteiger partial charge in [0.15, 0.2) is 0 Å². The van der Waals surface area contributed by atoms with Crippen molar-refractivity contribution < 1.29 is 14.7 Å². The minimum Gasteiger partial charge on any atom is -0.387 e. The summed E-state index contributed by atoms with van der Waals surface area (Å²) >= 11 is 0. The van der Waals surface area contributed by atoms with E-state index in [9.17, 15) is 9.59 Å². The molecular weight excluding hydrogens is 256 g/mol. The molecule has 2 aliphatic heterocycles. The fraction of sp³-hybridized carbons (Fsp3) is 0.467. The summed E-state index contributed by atoms with van der Waals surface area (Å²) in [5.74, 6) is -0.123. The van der Waals surface area contributed by atoms with Gasteiger partial charge in [-0.3, -0.25) is 9.59 Å². The second kappa shape index (κ2) is 4.90. The molecule has 2 fully saturated rings. The number of rotatable bonds is 2. The minimum atomic E-state index is -0.452. The Labute approximate surface area is 117 Å². The zero-order valence-electron chi connectivity index (χ0n) is 11.3. The largest absolute Gasteiger partial charge is 0.387 e. The molecule has 1 aromatic carbocycles. The molecule has 2 saturated heterocycles. The first-order valence-electron chi connectivity index (χ1n) is 6.88. The highest BCUT2D eigenvalue weighted by Gasteiger charge is 2.48. The fourth-order valence-corrected chi connectivity index (χ4v) is 3.26. The Bertz CT molecular complexity index is 531. The van der Waals surface area contributed by atoms with Gasteiger partial charge in [-0.05, 0) is 18.6 Å². The molecule has 1 atom stereocenters. The Morgan fingerprint density at radius 2 is 2.00 bits per heavy atom. The molecule has 5 heteroatoms. The third kappa shape index (κ3) is 2.18. The second-order valence-electron chi connectivity index (χ2n) is 5.72. The monoisotopic (exact) mass is 274 g/mol. The van der Waals surface area contributed by atoms with Crippen LogP contribution in [0, 0.1) is 5.41 Å². The molecule has 0 saturated carbocycles. The minimum absolute atomic E-state index is 0.120. The summed E-state index contributed by atoms with van der Waals surface area (Å²) in [5.41, 5.74) is 0.777. The molecule has 0 bridgehead atoms. The van der Waals surface area contributed by atoms with Crippen molar-refractivity contribution in [2.75, 3.05) is 31.1 Å². The summed E-state index contributed by atoms with van der Waals surface area (Å²) in [6.07, 6.45) is 1.31. The Morgan fingerprint density at radius 3 is 2.70 bits per heavy atom. The first-order valence-corrected chi connectivity index (χ1v) is 6.88. The molecule has 5 nitrogen and oxygen atoms in total. The number of likely N-dealkylation sites (tertiary alicyclic amines) is 1. The molecule has 1 N–H and O–H groups in total. The summed E-state index contributed by atoms with van der Waals surface area (Å²) in [6, 6.07) is 9.63. The van der Waals surface area contributed by atoms with Crippen LogP contribution in [0.1, 0.15) is 12.8 Å². The van der Waals surface area contributed by atoms with Crippen LogP contribution in [-0.4, -0.2) is 48.1 Å². The van der Waals surface area contributed by atoms with Gasteiger partial charge in [0.05, 0.1) is 0 Å². The lowest BCUT2D eigenvalue weighted by atomic mass is 9.86. The summed E-state index contributed by atoms with van der Waals surface area (Å²) in [6.45, 7) is 1.41. The van der Waals surface area contributed by atoms with Crippen molar-refractivity contribution in [1.29, 1.82) is 0 Å². The lowest BCUT2D eigenvalue weighted by Crippen LogP contribution is -2.35. The van der Waals surface area contributed by atoms with Crippen LogP contribution in [-0.2, 0) is 9.59 Å². The van der Waals surface area contributed by atoms with Crippen LogP contribution in [0.3, 0.4) is 0 Å². The number of aliphatic hydroxyl groups excluding tert-OH is 1. The third-order valence-corrected chi connectivity index (χ3v) is 4.31. The quantitative estimate of drug-likeness (QED) is 0.860. The SMILES string of the molecule is O=C(CO)N1CC[C@]2(CC(=O)N(c3ccccc3)C2)C1. The second-order valence-corrected chi connectivity index (χ2v) is 5.72. The number of benzene rings is 1. The van der Waals surface area contributed by atoms with E-state index >= 15 is 0 Å². The number of carbonyl (C=O) groups excluding carboxylic acids is 2. The van der Waals surface area contributed by atoms with E-state index < -0.39 is 6.61 Å². The van der Waals surface area contributed by atoms with Gasteiger partial charge in [-0.1, -0.05) is 18.2 Å². The molecule has 0 aliphatic carbocycles. The highest BCUT2D eigenvalue weighted by Crippen LogP contribution is 2.41. The van der Waals surface area contributed by atoms with Crippen LogP contribution < -0.4 is 4.90 Å². The van der Waals surface area contributed by atoms with Crippen LogP contribution in [0.4, 0.5) is 5.69 Å². The van der Waals surface area contributed by atoms with Crippen molar-refractivity contribution in [3.05, 3.63) is 30.3 Å². The topological polar surface area (TPSA) is 60.9 Å².